The van der Waals surface area contributed by atoms with Gasteiger partial charge in [0, 0.05) is 6.42 Å². The molecular formula is C81H137NO10. The van der Waals surface area contributed by atoms with Crippen molar-refractivity contribution in [3.63, 3.8) is 0 Å². The largest absolute Gasteiger partial charge is 0.454 e. The maximum Gasteiger partial charge on any atom is 0.306 e. The minimum atomic E-state index is -1.63. The fraction of sp³-hybridized carbons (Fsp3) is 0.704. The van der Waals surface area contributed by atoms with Gasteiger partial charge in [0.1, 0.15) is 24.4 Å². The Morgan fingerprint density at radius 3 is 1.17 bits per heavy atom. The van der Waals surface area contributed by atoms with Crippen LogP contribution >= 0.6 is 0 Å². The number of nitrogens with one attached hydrogen (secondary N) is 1. The highest BCUT2D eigenvalue weighted by Crippen LogP contribution is 2.26. The third-order valence-corrected chi connectivity index (χ3v) is 16.8. The number of amides is 1. The van der Waals surface area contributed by atoms with Gasteiger partial charge < -0.3 is 45.1 Å². The summed E-state index contributed by atoms with van der Waals surface area (Å²) >= 11 is 0. The summed E-state index contributed by atoms with van der Waals surface area (Å²) in [4.78, 5) is 26.7. The van der Waals surface area contributed by atoms with E-state index in [1.165, 1.54) is 109 Å². The Kier molecular flexibility index (Phi) is 62.3. The number of carbonyl (C=O) groups is 2. The quantitative estimate of drug-likeness (QED) is 0.0195. The third kappa shape index (κ3) is 53.1. The molecule has 1 amide bonds. The average molecular weight is 1280 g/mol. The molecule has 0 aromatic carbocycles. The van der Waals surface area contributed by atoms with Crippen LogP contribution in [0.25, 0.3) is 0 Å². The molecule has 0 bridgehead atoms. The smallest absolute Gasteiger partial charge is 0.306 e. The number of aliphatic hydroxyl groups excluding tert-OH is 5. The van der Waals surface area contributed by atoms with Gasteiger partial charge in [-0.1, -0.05) is 315 Å². The van der Waals surface area contributed by atoms with Crippen molar-refractivity contribution in [1.82, 2.24) is 5.32 Å². The van der Waals surface area contributed by atoms with E-state index in [2.05, 4.69) is 148 Å². The molecule has 8 unspecified atom stereocenters. The lowest BCUT2D eigenvalue weighted by molar-refractivity contribution is -0.305. The van der Waals surface area contributed by atoms with Crippen molar-refractivity contribution in [2.45, 2.75) is 352 Å². The molecule has 92 heavy (non-hydrogen) atoms. The third-order valence-electron chi connectivity index (χ3n) is 16.8. The summed E-state index contributed by atoms with van der Waals surface area (Å²) < 4.78 is 17.7. The first-order chi connectivity index (χ1) is 45.2. The highest BCUT2D eigenvalue weighted by Gasteiger charge is 2.47. The first kappa shape index (κ1) is 85.8. The number of hydrogen-bond acceptors (Lipinski definition) is 10. The summed E-state index contributed by atoms with van der Waals surface area (Å²) in [5.41, 5.74) is 0. The van der Waals surface area contributed by atoms with Crippen molar-refractivity contribution in [3.8, 4) is 0 Å². The van der Waals surface area contributed by atoms with E-state index in [-0.39, 0.29) is 19.4 Å². The highest BCUT2D eigenvalue weighted by molar-refractivity contribution is 5.80. The highest BCUT2D eigenvalue weighted by atomic mass is 16.7. The molecule has 0 spiro atoms. The Bertz CT molecular complexity index is 2010. The second-order valence-corrected chi connectivity index (χ2v) is 25.3. The lowest BCUT2D eigenvalue weighted by Crippen LogP contribution is -2.61. The van der Waals surface area contributed by atoms with Crippen LogP contribution in [0.1, 0.15) is 303 Å². The van der Waals surface area contributed by atoms with Crippen LogP contribution in [0.3, 0.4) is 0 Å². The zero-order valence-electron chi connectivity index (χ0n) is 58.6. The van der Waals surface area contributed by atoms with Crippen LogP contribution in [0.2, 0.25) is 0 Å². The topological polar surface area (TPSA) is 175 Å². The molecule has 0 aromatic rings. The number of hydrogen-bond donors (Lipinski definition) is 6. The van der Waals surface area contributed by atoms with Crippen LogP contribution < -0.4 is 5.32 Å². The van der Waals surface area contributed by atoms with Gasteiger partial charge in [-0.3, -0.25) is 9.59 Å². The fourth-order valence-corrected chi connectivity index (χ4v) is 11.0. The predicted octanol–water partition coefficient (Wildman–Crippen LogP) is 19.9. The molecule has 1 aliphatic heterocycles. The molecule has 1 rings (SSSR count). The number of unbranched alkanes of at least 4 members (excludes halogenated alkanes) is 29. The number of esters is 1. The van der Waals surface area contributed by atoms with Gasteiger partial charge in [0.2, 0.25) is 5.91 Å². The summed E-state index contributed by atoms with van der Waals surface area (Å²) in [6.07, 6.45) is 84.8. The van der Waals surface area contributed by atoms with Gasteiger partial charge in [-0.15, -0.1) is 0 Å². The molecule has 0 radical (unpaired) electrons. The van der Waals surface area contributed by atoms with Crippen LogP contribution in [0.4, 0.5) is 0 Å². The Hall–Kier alpha value is -4.20. The maximum absolute atomic E-state index is 13.5. The van der Waals surface area contributed by atoms with E-state index >= 15 is 0 Å². The SMILES string of the molecule is CC/C=C\C/C=C\C/C=C\C/C=C\C/C=C\CCCCCCCCCCCCCC(=O)OC1C(OCC(NC(=O)C(O)CCCCCCCCCC/C=C\C/C=C\C/C=C\C/C=C\C/C=C\CC)C(O)/C=C/CCCCCCCCCCCC)OC(CO)C(O)C1O. The van der Waals surface area contributed by atoms with Gasteiger partial charge in [-0.05, 0) is 116 Å². The fourth-order valence-electron chi connectivity index (χ4n) is 11.0. The van der Waals surface area contributed by atoms with Gasteiger partial charge in [0.25, 0.3) is 0 Å². The van der Waals surface area contributed by atoms with Crippen molar-refractivity contribution in [1.29, 1.82) is 0 Å². The van der Waals surface area contributed by atoms with Crippen molar-refractivity contribution >= 4 is 11.9 Å². The van der Waals surface area contributed by atoms with Gasteiger partial charge in [-0.2, -0.15) is 0 Å². The molecule has 1 aliphatic rings. The van der Waals surface area contributed by atoms with Crippen LogP contribution in [-0.4, -0.2) is 99.6 Å². The second kappa shape index (κ2) is 66.8. The summed E-state index contributed by atoms with van der Waals surface area (Å²) in [5, 5.41) is 57.4. The molecule has 0 saturated carbocycles. The van der Waals surface area contributed by atoms with E-state index in [0.717, 1.165) is 148 Å². The molecule has 1 saturated heterocycles. The minimum absolute atomic E-state index is 0.112. The number of carbonyl (C=O) groups excluding carboxylic acids is 2. The maximum atomic E-state index is 13.5. The number of rotatable bonds is 63. The first-order valence-corrected chi connectivity index (χ1v) is 37.5. The van der Waals surface area contributed by atoms with Crippen molar-refractivity contribution in [2.24, 2.45) is 0 Å². The molecule has 526 valence electrons. The Morgan fingerprint density at radius 2 is 0.783 bits per heavy atom. The summed E-state index contributed by atoms with van der Waals surface area (Å²) in [6, 6.07) is -1.04. The van der Waals surface area contributed by atoms with Gasteiger partial charge in [0.05, 0.1) is 25.4 Å². The number of aliphatic hydroxyl groups is 5. The molecule has 6 N–H and O–H groups in total. The molecule has 11 heteroatoms. The summed E-state index contributed by atoms with van der Waals surface area (Å²) in [7, 11) is 0. The van der Waals surface area contributed by atoms with E-state index in [9.17, 15) is 35.1 Å². The van der Waals surface area contributed by atoms with E-state index in [0.29, 0.717) is 12.8 Å². The molecule has 0 aliphatic carbocycles. The average Bonchev–Trinajstić information content (AvgIpc) is 0.875. The molecule has 1 heterocycles. The van der Waals surface area contributed by atoms with Gasteiger partial charge in [0.15, 0.2) is 12.4 Å². The molecule has 0 aromatic heterocycles. The predicted molar refractivity (Wildman–Crippen MR) is 388 cm³/mol. The van der Waals surface area contributed by atoms with E-state index < -0.39 is 67.4 Å². The second-order valence-electron chi connectivity index (χ2n) is 25.3. The lowest BCUT2D eigenvalue weighted by Gasteiger charge is -2.41. The molecule has 1 fully saturated rings. The minimum Gasteiger partial charge on any atom is -0.454 e. The summed E-state index contributed by atoms with van der Waals surface area (Å²) in [6.45, 7) is 5.58. The van der Waals surface area contributed by atoms with Crippen LogP contribution in [0.15, 0.2) is 134 Å². The van der Waals surface area contributed by atoms with Crippen LogP contribution in [-0.2, 0) is 23.8 Å². The van der Waals surface area contributed by atoms with Gasteiger partial charge >= 0.3 is 5.97 Å². The molecular weight excluding hydrogens is 1150 g/mol. The van der Waals surface area contributed by atoms with Crippen LogP contribution in [0, 0.1) is 0 Å². The standard InChI is InChI=1S/C81H137NO10/c1-4-7-10-13-16-19-22-25-27-29-31-33-35-37-38-39-41-43-45-47-49-51-54-57-60-63-66-69-76(86)92-79-78(88)77(87)75(70-83)91-81(79)90-71-72(73(84)67-64-61-58-55-52-24-21-18-15-12-9-6-3)82-80(89)74(85)68-65-62-59-56-53-50-48-46-44-42-40-36-34-32-30-28-26-23-20-17-14-11-8-5-2/h7-8,10-11,16-17,19-20,25-28,31-34,37-38,40,42,64,67,72-75,77-79,81,83-85,87-88H,4-6,9,12-15,18,21-24,29-30,35-36,39,41,43-63,65-66,68-71H2,1-3H3,(H,82,89)/b10-7-,11-8-,19-16-,20-17-,27-25-,28-26-,33-31-,34-32-,38-37-,42-40-,67-64+. The monoisotopic (exact) mass is 1280 g/mol. The zero-order chi connectivity index (χ0) is 66.7. The van der Waals surface area contributed by atoms with E-state index in [1.807, 2.05) is 6.08 Å². The normalized spacial score (nSPS) is 18.7. The lowest BCUT2D eigenvalue weighted by atomic mass is 9.99. The van der Waals surface area contributed by atoms with Gasteiger partial charge in [-0.25, -0.2) is 0 Å². The Morgan fingerprint density at radius 1 is 0.435 bits per heavy atom. The number of ether oxygens (including phenoxy) is 3. The van der Waals surface area contributed by atoms with Crippen molar-refractivity contribution < 1.29 is 49.3 Å². The Labute approximate surface area is 563 Å². The Balaban J connectivity index is 2.55. The zero-order valence-corrected chi connectivity index (χ0v) is 58.6. The van der Waals surface area contributed by atoms with E-state index in [4.69, 9.17) is 14.2 Å². The molecule has 11 nitrogen and oxygen atoms in total. The molecule has 8 atom stereocenters. The van der Waals surface area contributed by atoms with E-state index in [1.54, 1.807) is 6.08 Å². The van der Waals surface area contributed by atoms with Crippen LogP contribution in [0.5, 0.6) is 0 Å². The van der Waals surface area contributed by atoms with Crippen molar-refractivity contribution in [3.05, 3.63) is 134 Å². The summed E-state index contributed by atoms with van der Waals surface area (Å²) in [5.74, 6) is -1.21. The first-order valence-electron chi connectivity index (χ1n) is 37.5. The van der Waals surface area contributed by atoms with Crippen molar-refractivity contribution in [2.75, 3.05) is 13.2 Å². The number of allylic oxidation sites excluding steroid dienone is 21.